The molecule has 3 aromatic rings. The zero-order valence-corrected chi connectivity index (χ0v) is 11.4. The van der Waals surface area contributed by atoms with E-state index in [1.165, 1.54) is 12.1 Å². The maximum Gasteiger partial charge on any atom is 0.416 e. The van der Waals surface area contributed by atoms with Crippen LogP contribution in [0, 0.1) is 0 Å². The lowest BCUT2D eigenvalue weighted by atomic mass is 10.1. The van der Waals surface area contributed by atoms with Crippen LogP contribution in [0.3, 0.4) is 0 Å². The Labute approximate surface area is 122 Å². The molecule has 4 nitrogen and oxygen atoms in total. The number of carbonyl (C=O) groups is 1. The molecule has 2 heterocycles. The number of benzene rings is 1. The van der Waals surface area contributed by atoms with Crippen molar-refractivity contribution in [1.29, 1.82) is 0 Å². The van der Waals surface area contributed by atoms with Crippen molar-refractivity contribution in [1.82, 2.24) is 9.55 Å². The Balaban J connectivity index is 2.14. The van der Waals surface area contributed by atoms with Gasteiger partial charge in [0.25, 0.3) is 0 Å². The normalized spacial score (nSPS) is 12.0. The number of carboxylic acids is 1. The van der Waals surface area contributed by atoms with Crippen molar-refractivity contribution in [3.8, 4) is 11.4 Å². The quantitative estimate of drug-likeness (QED) is 0.754. The van der Waals surface area contributed by atoms with Crippen LogP contribution in [0.15, 0.2) is 36.4 Å². The highest BCUT2D eigenvalue weighted by Gasteiger charge is 2.30. The smallest absolute Gasteiger partial charge is 0.416 e. The number of H-pyrrole nitrogens is 1. The van der Waals surface area contributed by atoms with Crippen LogP contribution in [0.25, 0.3) is 22.3 Å². The van der Waals surface area contributed by atoms with Crippen LogP contribution >= 0.6 is 0 Å². The molecule has 1 aromatic carbocycles. The Morgan fingerprint density at radius 1 is 1.18 bits per heavy atom. The molecular formula is C15H11F3N2O2. The van der Waals surface area contributed by atoms with E-state index in [0.29, 0.717) is 22.3 Å². The van der Waals surface area contributed by atoms with Gasteiger partial charge in [0.1, 0.15) is 5.69 Å². The zero-order valence-electron chi connectivity index (χ0n) is 11.4. The van der Waals surface area contributed by atoms with Crippen molar-refractivity contribution >= 4 is 16.9 Å². The van der Waals surface area contributed by atoms with Crippen molar-refractivity contribution in [2.75, 3.05) is 0 Å². The van der Waals surface area contributed by atoms with Gasteiger partial charge in [0.2, 0.25) is 0 Å². The molecule has 0 aliphatic rings. The summed E-state index contributed by atoms with van der Waals surface area (Å²) in [6.45, 7) is 0. The predicted molar refractivity (Wildman–Crippen MR) is 74.7 cm³/mol. The number of aromatic nitrogens is 2. The van der Waals surface area contributed by atoms with Gasteiger partial charge in [0.15, 0.2) is 0 Å². The molecule has 22 heavy (non-hydrogen) atoms. The van der Waals surface area contributed by atoms with Crippen LogP contribution in [0.4, 0.5) is 13.2 Å². The second-order valence-electron chi connectivity index (χ2n) is 4.95. The van der Waals surface area contributed by atoms with Gasteiger partial charge >= 0.3 is 12.1 Å². The molecule has 0 saturated carbocycles. The highest BCUT2D eigenvalue weighted by atomic mass is 19.4. The van der Waals surface area contributed by atoms with Gasteiger partial charge in [-0.15, -0.1) is 0 Å². The monoisotopic (exact) mass is 308 g/mol. The van der Waals surface area contributed by atoms with Crippen LogP contribution < -0.4 is 0 Å². The first kappa shape index (κ1) is 14.2. The van der Waals surface area contributed by atoms with E-state index >= 15 is 0 Å². The molecule has 2 aromatic heterocycles. The van der Waals surface area contributed by atoms with Gasteiger partial charge in [-0.25, -0.2) is 4.79 Å². The molecule has 0 aliphatic heterocycles. The number of rotatable bonds is 2. The van der Waals surface area contributed by atoms with Crippen molar-refractivity contribution in [2.45, 2.75) is 6.18 Å². The number of aromatic carboxylic acids is 1. The fourth-order valence-corrected chi connectivity index (χ4v) is 2.45. The van der Waals surface area contributed by atoms with Gasteiger partial charge in [0, 0.05) is 18.0 Å². The second-order valence-corrected chi connectivity index (χ2v) is 4.95. The lowest BCUT2D eigenvalue weighted by Gasteiger charge is -2.06. The number of aromatic amines is 1. The number of aryl methyl sites for hydroxylation is 1. The van der Waals surface area contributed by atoms with E-state index in [0.717, 1.165) is 12.1 Å². The Kier molecular flexibility index (Phi) is 3.01. The van der Waals surface area contributed by atoms with E-state index in [1.807, 2.05) is 0 Å². The SMILES string of the molecule is Cn1c(-c2ccc(C(=O)O)[nH]2)cc2cc(C(F)(F)F)ccc21. The van der Waals surface area contributed by atoms with Gasteiger partial charge in [-0.2, -0.15) is 13.2 Å². The number of alkyl halides is 3. The molecule has 7 heteroatoms. The summed E-state index contributed by atoms with van der Waals surface area (Å²) < 4.78 is 40.0. The minimum absolute atomic E-state index is 0.0243. The average molecular weight is 308 g/mol. The van der Waals surface area contributed by atoms with Crippen molar-refractivity contribution in [2.24, 2.45) is 7.05 Å². The van der Waals surface area contributed by atoms with Crippen LogP contribution in [-0.4, -0.2) is 20.6 Å². The molecule has 0 aliphatic carbocycles. The molecular weight excluding hydrogens is 297 g/mol. The second kappa shape index (κ2) is 4.66. The summed E-state index contributed by atoms with van der Waals surface area (Å²) in [5.41, 5.74) is 1.09. The molecule has 0 fully saturated rings. The van der Waals surface area contributed by atoms with Crippen LogP contribution in [0.1, 0.15) is 16.1 Å². The third-order valence-corrected chi connectivity index (χ3v) is 3.56. The molecule has 0 radical (unpaired) electrons. The van der Waals surface area contributed by atoms with Gasteiger partial charge in [0.05, 0.1) is 17.0 Å². The molecule has 114 valence electrons. The number of carboxylic acid groups (broad SMARTS) is 1. The number of hydrogen-bond acceptors (Lipinski definition) is 1. The lowest BCUT2D eigenvalue weighted by molar-refractivity contribution is -0.137. The van der Waals surface area contributed by atoms with Gasteiger partial charge in [-0.05, 0) is 36.4 Å². The maximum absolute atomic E-state index is 12.8. The summed E-state index contributed by atoms with van der Waals surface area (Å²) in [6, 6.07) is 8.12. The van der Waals surface area contributed by atoms with Crippen molar-refractivity contribution < 1.29 is 23.1 Å². The summed E-state index contributed by atoms with van der Waals surface area (Å²) in [5, 5.41) is 9.36. The first-order chi connectivity index (χ1) is 10.3. The van der Waals surface area contributed by atoms with E-state index in [-0.39, 0.29) is 5.69 Å². The number of nitrogens with one attached hydrogen (secondary N) is 1. The van der Waals surface area contributed by atoms with E-state index in [2.05, 4.69) is 4.98 Å². The van der Waals surface area contributed by atoms with Gasteiger partial charge < -0.3 is 14.7 Å². The van der Waals surface area contributed by atoms with Crippen LogP contribution in [-0.2, 0) is 13.2 Å². The van der Waals surface area contributed by atoms with Crippen molar-refractivity contribution in [3.05, 3.63) is 47.7 Å². The number of halogens is 3. The standard InChI is InChI=1S/C15H11F3N2O2/c1-20-12-5-2-9(15(16,17)18)6-8(12)7-13(20)10-3-4-11(19-10)14(21)22/h2-7,19H,1H3,(H,21,22). The molecule has 2 N–H and O–H groups in total. The topological polar surface area (TPSA) is 58.0 Å². The molecule has 0 unspecified atom stereocenters. The highest BCUT2D eigenvalue weighted by Crippen LogP contribution is 2.33. The van der Waals surface area contributed by atoms with E-state index in [1.54, 1.807) is 23.7 Å². The first-order valence-corrected chi connectivity index (χ1v) is 6.37. The number of fused-ring (bicyclic) bond motifs is 1. The Morgan fingerprint density at radius 2 is 1.91 bits per heavy atom. The van der Waals surface area contributed by atoms with E-state index < -0.39 is 17.7 Å². The average Bonchev–Trinajstić information content (AvgIpc) is 3.02. The number of hydrogen-bond donors (Lipinski definition) is 2. The van der Waals surface area contributed by atoms with Crippen LogP contribution in [0.5, 0.6) is 0 Å². The van der Waals surface area contributed by atoms with Gasteiger partial charge in [-0.3, -0.25) is 0 Å². The predicted octanol–water partition coefficient (Wildman–Crippen LogP) is 3.89. The fourth-order valence-electron chi connectivity index (χ4n) is 2.45. The number of nitrogens with zero attached hydrogens (tertiary/aromatic N) is 1. The largest absolute Gasteiger partial charge is 0.477 e. The molecule has 0 saturated heterocycles. The fraction of sp³-hybridized carbons (Fsp3) is 0.133. The summed E-state index contributed by atoms with van der Waals surface area (Å²) in [5.74, 6) is -1.09. The molecule has 0 amide bonds. The molecule has 3 rings (SSSR count). The molecule has 0 spiro atoms. The maximum atomic E-state index is 12.8. The van der Waals surface area contributed by atoms with E-state index in [4.69, 9.17) is 5.11 Å². The Morgan fingerprint density at radius 3 is 2.50 bits per heavy atom. The lowest BCUT2D eigenvalue weighted by Crippen LogP contribution is -2.04. The zero-order chi connectivity index (χ0) is 16.1. The minimum Gasteiger partial charge on any atom is -0.477 e. The Hall–Kier alpha value is -2.70. The minimum atomic E-state index is -4.40. The summed E-state index contributed by atoms with van der Waals surface area (Å²) >= 11 is 0. The van der Waals surface area contributed by atoms with Crippen molar-refractivity contribution in [3.63, 3.8) is 0 Å². The molecule has 0 atom stereocenters. The van der Waals surface area contributed by atoms with Gasteiger partial charge in [-0.1, -0.05) is 0 Å². The molecule has 0 bridgehead atoms. The third kappa shape index (κ3) is 2.24. The van der Waals surface area contributed by atoms with E-state index in [9.17, 15) is 18.0 Å². The highest BCUT2D eigenvalue weighted by molar-refractivity contribution is 5.89. The summed E-state index contributed by atoms with van der Waals surface area (Å²) in [6.07, 6.45) is -4.40. The summed E-state index contributed by atoms with van der Waals surface area (Å²) in [7, 11) is 1.71. The Bertz CT molecular complexity index is 875. The first-order valence-electron chi connectivity index (χ1n) is 6.37. The summed E-state index contributed by atoms with van der Waals surface area (Å²) in [4.78, 5) is 13.6. The van der Waals surface area contributed by atoms with Crippen LogP contribution in [0.2, 0.25) is 0 Å². The third-order valence-electron chi connectivity index (χ3n) is 3.56.